The highest BCUT2D eigenvalue weighted by atomic mass is 15.1. The lowest BCUT2D eigenvalue weighted by atomic mass is 9.81. The Morgan fingerprint density at radius 2 is 0.968 bits per heavy atom. The molecule has 0 fully saturated rings. The first kappa shape index (κ1) is 36.9. The van der Waals surface area contributed by atoms with Gasteiger partial charge in [-0.25, -0.2) is 4.98 Å². The third kappa shape index (κ3) is 5.94. The van der Waals surface area contributed by atoms with Gasteiger partial charge in [-0.3, -0.25) is 4.57 Å². The molecule has 9 aromatic carbocycles. The van der Waals surface area contributed by atoms with Crippen LogP contribution >= 0.6 is 0 Å². The van der Waals surface area contributed by atoms with Crippen molar-refractivity contribution in [2.45, 2.75) is 26.2 Å². The van der Waals surface area contributed by atoms with E-state index in [-0.39, 0.29) is 5.41 Å². The Morgan fingerprint density at radius 1 is 0.413 bits per heavy atom. The van der Waals surface area contributed by atoms with Gasteiger partial charge in [0.1, 0.15) is 5.82 Å². The van der Waals surface area contributed by atoms with Crippen LogP contribution in [0, 0.1) is 6.92 Å². The first-order valence-electron chi connectivity index (χ1n) is 21.8. The first-order valence-corrected chi connectivity index (χ1v) is 21.8. The van der Waals surface area contributed by atoms with E-state index < -0.39 is 0 Å². The minimum atomic E-state index is -0.0589. The zero-order valence-electron chi connectivity index (χ0n) is 35.5. The van der Waals surface area contributed by atoms with Gasteiger partial charge in [0.25, 0.3) is 0 Å². The topological polar surface area (TPSA) is 26.0 Å². The summed E-state index contributed by atoms with van der Waals surface area (Å²) in [5, 5.41) is 2.45. The van der Waals surface area contributed by atoms with Crippen LogP contribution in [0.4, 0.5) is 17.1 Å². The van der Waals surface area contributed by atoms with Crippen molar-refractivity contribution in [3.8, 4) is 45.0 Å². The number of imidazole rings is 1. The molecule has 2 heterocycles. The molecule has 1 aliphatic carbocycles. The van der Waals surface area contributed by atoms with Crippen molar-refractivity contribution in [3.05, 3.63) is 229 Å². The number of anilines is 3. The molecule has 4 heteroatoms. The van der Waals surface area contributed by atoms with E-state index in [1.54, 1.807) is 0 Å². The van der Waals surface area contributed by atoms with E-state index in [2.05, 4.69) is 247 Å². The maximum atomic E-state index is 5.18. The van der Waals surface area contributed by atoms with E-state index in [1.165, 1.54) is 60.8 Å². The summed E-state index contributed by atoms with van der Waals surface area (Å²) in [6.07, 6.45) is 0. The predicted molar refractivity (Wildman–Crippen MR) is 263 cm³/mol. The average molecular weight is 809 g/mol. The Bertz CT molecular complexity index is 3520. The number of hydrogen-bond donors (Lipinski definition) is 0. The van der Waals surface area contributed by atoms with Crippen LogP contribution in [0.1, 0.15) is 30.5 Å². The van der Waals surface area contributed by atoms with Crippen LogP contribution in [0.25, 0.3) is 77.9 Å². The van der Waals surface area contributed by atoms with Crippen molar-refractivity contribution >= 4 is 49.9 Å². The molecule has 2 aromatic heterocycles. The molecule has 0 saturated carbocycles. The van der Waals surface area contributed by atoms with Crippen LogP contribution in [0.5, 0.6) is 0 Å². The number of benzene rings is 9. The lowest BCUT2D eigenvalue weighted by Gasteiger charge is -2.26. The first-order chi connectivity index (χ1) is 30.9. The zero-order valence-corrected chi connectivity index (χ0v) is 35.5. The molecule has 0 amide bonds. The predicted octanol–water partition coefficient (Wildman–Crippen LogP) is 15.5. The van der Waals surface area contributed by atoms with Gasteiger partial charge in [-0.05, 0) is 149 Å². The Balaban J connectivity index is 0.996. The van der Waals surface area contributed by atoms with Crippen molar-refractivity contribution in [1.82, 2.24) is 14.1 Å². The van der Waals surface area contributed by atoms with Crippen LogP contribution in [-0.2, 0) is 5.41 Å². The van der Waals surface area contributed by atoms with E-state index in [9.17, 15) is 0 Å². The Morgan fingerprint density at radius 3 is 1.70 bits per heavy atom. The molecule has 0 saturated heterocycles. The smallest absolute Gasteiger partial charge is 0.145 e. The van der Waals surface area contributed by atoms with Crippen molar-refractivity contribution in [1.29, 1.82) is 0 Å². The standard InChI is InChI=1S/C59H44N4/c1-39-22-34-55-50(36-39)51-38-47(32-35-56(51)62(55)43-14-6-4-7-15-43)61(45-28-23-40(24-29-45)42-27-33-49-48-18-10-11-19-52(48)59(2,3)53(49)37-42)46-30-25-41(26-31-46)58-60-54-20-12-13-21-57(54)63(58)44-16-8-5-9-17-44/h4-38H,1-3H3. The highest BCUT2D eigenvalue weighted by Crippen LogP contribution is 2.50. The van der Waals surface area contributed by atoms with E-state index in [1.807, 2.05) is 0 Å². The number of aryl methyl sites for hydroxylation is 1. The van der Waals surface area contributed by atoms with Crippen LogP contribution in [0.15, 0.2) is 212 Å². The highest BCUT2D eigenvalue weighted by Gasteiger charge is 2.35. The molecular weight excluding hydrogens is 765 g/mol. The molecule has 1 aliphatic rings. The van der Waals surface area contributed by atoms with Crippen LogP contribution < -0.4 is 4.90 Å². The maximum absolute atomic E-state index is 5.18. The molecule has 0 bridgehead atoms. The molecular formula is C59H44N4. The van der Waals surface area contributed by atoms with Crippen LogP contribution in [-0.4, -0.2) is 14.1 Å². The number of para-hydroxylation sites is 4. The normalized spacial score (nSPS) is 12.8. The molecule has 63 heavy (non-hydrogen) atoms. The van der Waals surface area contributed by atoms with Crippen molar-refractivity contribution in [2.75, 3.05) is 4.90 Å². The van der Waals surface area contributed by atoms with Gasteiger partial charge in [0.2, 0.25) is 0 Å². The molecule has 12 rings (SSSR count). The molecule has 4 nitrogen and oxygen atoms in total. The van der Waals surface area contributed by atoms with Crippen molar-refractivity contribution in [2.24, 2.45) is 0 Å². The van der Waals surface area contributed by atoms with Gasteiger partial charge < -0.3 is 9.47 Å². The molecule has 11 aromatic rings. The molecule has 0 radical (unpaired) electrons. The number of rotatable bonds is 7. The van der Waals surface area contributed by atoms with Gasteiger partial charge >= 0.3 is 0 Å². The summed E-state index contributed by atoms with van der Waals surface area (Å²) >= 11 is 0. The average Bonchev–Trinajstić information content (AvgIpc) is 3.95. The summed E-state index contributed by atoms with van der Waals surface area (Å²) in [6, 6.07) is 77.1. The van der Waals surface area contributed by atoms with Gasteiger partial charge in [0, 0.05) is 50.2 Å². The number of hydrogen-bond acceptors (Lipinski definition) is 2. The summed E-state index contributed by atoms with van der Waals surface area (Å²) in [7, 11) is 0. The Hall–Kier alpha value is -7.95. The van der Waals surface area contributed by atoms with Gasteiger partial charge in [0.05, 0.1) is 22.1 Å². The monoisotopic (exact) mass is 808 g/mol. The van der Waals surface area contributed by atoms with Gasteiger partial charge in [-0.1, -0.05) is 123 Å². The minimum absolute atomic E-state index is 0.0589. The fourth-order valence-corrected chi connectivity index (χ4v) is 10.1. The summed E-state index contributed by atoms with van der Waals surface area (Å²) in [4.78, 5) is 7.56. The lowest BCUT2D eigenvalue weighted by molar-refractivity contribution is 0.660. The molecule has 300 valence electrons. The fraction of sp³-hybridized carbons (Fsp3) is 0.0678. The quantitative estimate of drug-likeness (QED) is 0.160. The lowest BCUT2D eigenvalue weighted by Crippen LogP contribution is -2.14. The second-order valence-corrected chi connectivity index (χ2v) is 17.3. The van der Waals surface area contributed by atoms with E-state index in [0.717, 1.165) is 50.9 Å². The van der Waals surface area contributed by atoms with E-state index in [4.69, 9.17) is 4.98 Å². The number of nitrogens with zero attached hydrogens (tertiary/aromatic N) is 4. The van der Waals surface area contributed by atoms with Gasteiger partial charge in [-0.15, -0.1) is 0 Å². The summed E-state index contributed by atoms with van der Waals surface area (Å²) in [6.45, 7) is 6.87. The van der Waals surface area contributed by atoms with Crippen LogP contribution in [0.3, 0.4) is 0 Å². The molecule has 0 unspecified atom stereocenters. The second kappa shape index (κ2) is 14.3. The Kier molecular flexibility index (Phi) is 8.38. The van der Waals surface area contributed by atoms with Gasteiger partial charge in [0.15, 0.2) is 0 Å². The fourth-order valence-electron chi connectivity index (χ4n) is 10.1. The summed E-state index contributed by atoms with van der Waals surface area (Å²) < 4.78 is 4.65. The van der Waals surface area contributed by atoms with E-state index in [0.29, 0.717) is 0 Å². The molecule has 0 N–H and O–H groups in total. The third-order valence-corrected chi connectivity index (χ3v) is 13.2. The number of fused-ring (bicyclic) bond motifs is 7. The SMILES string of the molecule is Cc1ccc2c(c1)c1cc(N(c3ccc(-c4ccc5c(c4)C(C)(C)c4ccccc4-5)cc3)c3ccc(-c4nc5ccccc5n4-c4ccccc4)cc3)ccc1n2-c1ccccc1. The third-order valence-electron chi connectivity index (χ3n) is 13.2. The maximum Gasteiger partial charge on any atom is 0.145 e. The summed E-state index contributed by atoms with van der Waals surface area (Å²) in [5.74, 6) is 0.913. The van der Waals surface area contributed by atoms with E-state index >= 15 is 0 Å². The van der Waals surface area contributed by atoms with Gasteiger partial charge in [-0.2, -0.15) is 0 Å². The zero-order chi connectivity index (χ0) is 42.2. The summed E-state index contributed by atoms with van der Waals surface area (Å²) in [5.41, 5.74) is 20.0. The molecule has 0 spiro atoms. The van der Waals surface area contributed by atoms with Crippen LogP contribution in [0.2, 0.25) is 0 Å². The second-order valence-electron chi connectivity index (χ2n) is 17.3. The Labute approximate surface area is 367 Å². The van der Waals surface area contributed by atoms with Crippen molar-refractivity contribution < 1.29 is 0 Å². The highest BCUT2D eigenvalue weighted by molar-refractivity contribution is 6.11. The molecule has 0 atom stereocenters. The number of aromatic nitrogens is 3. The minimum Gasteiger partial charge on any atom is -0.310 e. The van der Waals surface area contributed by atoms with Crippen molar-refractivity contribution in [3.63, 3.8) is 0 Å². The largest absolute Gasteiger partial charge is 0.310 e. The molecule has 0 aliphatic heterocycles.